The van der Waals surface area contributed by atoms with Gasteiger partial charge >= 0.3 is 5.97 Å². The van der Waals surface area contributed by atoms with Gasteiger partial charge < -0.3 is 14.8 Å². The number of hydrogen-bond acceptors (Lipinski definition) is 5. The van der Waals surface area contributed by atoms with Crippen LogP contribution in [0.25, 0.3) is 0 Å². The Morgan fingerprint density at radius 2 is 1.95 bits per heavy atom. The third kappa shape index (κ3) is 3.22. The van der Waals surface area contributed by atoms with Crippen molar-refractivity contribution in [1.29, 1.82) is 0 Å². The Balaban J connectivity index is 2.29. The zero-order chi connectivity index (χ0) is 15.4. The number of methoxy groups -OCH3 is 2. The van der Waals surface area contributed by atoms with Crippen LogP contribution in [-0.2, 0) is 4.74 Å². The average molecular weight is 305 g/mol. The molecule has 0 fully saturated rings. The SMILES string of the molecule is COC(=O)c1sccc1NC(=O)c1cc(C)ccc1OC. The molecule has 0 saturated heterocycles. The van der Waals surface area contributed by atoms with Crippen molar-refractivity contribution in [3.8, 4) is 5.75 Å². The first kappa shape index (κ1) is 15.1. The average Bonchev–Trinajstić information content (AvgIpc) is 2.94. The molecule has 1 aromatic carbocycles. The molecule has 0 radical (unpaired) electrons. The Kier molecular flexibility index (Phi) is 4.59. The van der Waals surface area contributed by atoms with E-state index in [-0.39, 0.29) is 5.91 Å². The molecule has 0 spiro atoms. The summed E-state index contributed by atoms with van der Waals surface area (Å²) in [6.45, 7) is 1.89. The first-order valence-corrected chi connectivity index (χ1v) is 7.06. The molecule has 0 aliphatic rings. The van der Waals surface area contributed by atoms with Crippen molar-refractivity contribution in [2.75, 3.05) is 19.5 Å². The molecule has 6 heteroatoms. The van der Waals surface area contributed by atoms with Crippen molar-refractivity contribution in [3.05, 3.63) is 45.6 Å². The number of hydrogen-bond donors (Lipinski definition) is 1. The Morgan fingerprint density at radius 1 is 1.19 bits per heavy atom. The van der Waals surface area contributed by atoms with E-state index >= 15 is 0 Å². The maximum Gasteiger partial charge on any atom is 0.350 e. The number of amides is 1. The molecular formula is C15H15NO4S. The van der Waals surface area contributed by atoms with Crippen LogP contribution in [0.4, 0.5) is 5.69 Å². The highest BCUT2D eigenvalue weighted by Gasteiger charge is 2.18. The minimum Gasteiger partial charge on any atom is -0.496 e. The van der Waals surface area contributed by atoms with E-state index in [0.29, 0.717) is 21.9 Å². The molecule has 1 aromatic heterocycles. The number of anilines is 1. The molecule has 0 unspecified atom stereocenters. The van der Waals surface area contributed by atoms with E-state index < -0.39 is 5.97 Å². The monoisotopic (exact) mass is 305 g/mol. The van der Waals surface area contributed by atoms with Gasteiger partial charge in [-0.25, -0.2) is 4.79 Å². The predicted octanol–water partition coefficient (Wildman–Crippen LogP) is 3.10. The Bertz CT molecular complexity index is 678. The maximum absolute atomic E-state index is 12.4. The summed E-state index contributed by atoms with van der Waals surface area (Å²) in [5, 5.41) is 4.43. The van der Waals surface area contributed by atoms with Gasteiger partial charge in [0.2, 0.25) is 0 Å². The van der Waals surface area contributed by atoms with Crippen LogP contribution in [0.15, 0.2) is 29.6 Å². The lowest BCUT2D eigenvalue weighted by atomic mass is 10.1. The quantitative estimate of drug-likeness (QED) is 0.882. The van der Waals surface area contributed by atoms with Gasteiger partial charge in [-0.15, -0.1) is 11.3 Å². The van der Waals surface area contributed by atoms with E-state index in [1.807, 2.05) is 13.0 Å². The lowest BCUT2D eigenvalue weighted by molar-refractivity contribution is 0.0607. The number of aryl methyl sites for hydroxylation is 1. The van der Waals surface area contributed by atoms with Crippen molar-refractivity contribution in [2.24, 2.45) is 0 Å². The fourth-order valence-corrected chi connectivity index (χ4v) is 2.61. The summed E-state index contributed by atoms with van der Waals surface area (Å²) in [4.78, 5) is 24.3. The molecule has 1 heterocycles. The van der Waals surface area contributed by atoms with E-state index in [4.69, 9.17) is 4.74 Å². The number of thiophene rings is 1. The molecule has 5 nitrogen and oxygen atoms in total. The lowest BCUT2D eigenvalue weighted by Gasteiger charge is -2.10. The van der Waals surface area contributed by atoms with E-state index in [1.54, 1.807) is 23.6 Å². The third-order valence-corrected chi connectivity index (χ3v) is 3.78. The zero-order valence-electron chi connectivity index (χ0n) is 11.9. The maximum atomic E-state index is 12.4. The van der Waals surface area contributed by atoms with Crippen molar-refractivity contribution in [1.82, 2.24) is 0 Å². The summed E-state index contributed by atoms with van der Waals surface area (Å²) in [5.41, 5.74) is 1.79. The number of benzene rings is 1. The first-order chi connectivity index (χ1) is 10.1. The van der Waals surface area contributed by atoms with E-state index in [0.717, 1.165) is 5.56 Å². The second-order valence-electron chi connectivity index (χ2n) is 4.31. The van der Waals surface area contributed by atoms with Gasteiger partial charge in [-0.1, -0.05) is 11.6 Å². The molecule has 1 amide bonds. The molecular weight excluding hydrogens is 290 g/mol. The molecule has 0 aliphatic heterocycles. The zero-order valence-corrected chi connectivity index (χ0v) is 12.7. The Morgan fingerprint density at radius 3 is 2.62 bits per heavy atom. The molecule has 110 valence electrons. The minimum absolute atomic E-state index is 0.334. The fourth-order valence-electron chi connectivity index (χ4n) is 1.85. The molecule has 0 saturated carbocycles. The minimum atomic E-state index is -0.475. The standard InChI is InChI=1S/C15H15NO4S/c1-9-4-5-12(19-2)10(8-9)14(17)16-11-6-7-21-13(11)15(18)20-3/h4-8H,1-3H3,(H,16,17). The molecule has 0 bridgehead atoms. The smallest absolute Gasteiger partial charge is 0.350 e. The molecule has 1 N–H and O–H groups in total. The number of nitrogens with one attached hydrogen (secondary N) is 1. The Labute approximate surface area is 126 Å². The van der Waals surface area contributed by atoms with E-state index in [2.05, 4.69) is 10.1 Å². The second kappa shape index (κ2) is 6.41. The topological polar surface area (TPSA) is 64.6 Å². The number of rotatable bonds is 4. The summed E-state index contributed by atoms with van der Waals surface area (Å²) in [6, 6.07) is 6.99. The highest BCUT2D eigenvalue weighted by molar-refractivity contribution is 7.12. The summed E-state index contributed by atoms with van der Waals surface area (Å²) < 4.78 is 9.87. The van der Waals surface area contributed by atoms with Crippen molar-refractivity contribution in [3.63, 3.8) is 0 Å². The van der Waals surface area contributed by atoms with Crippen molar-refractivity contribution in [2.45, 2.75) is 6.92 Å². The third-order valence-electron chi connectivity index (χ3n) is 2.88. The number of carbonyl (C=O) groups excluding carboxylic acids is 2. The normalized spacial score (nSPS) is 10.0. The molecule has 2 rings (SSSR count). The molecule has 0 aliphatic carbocycles. The van der Waals surface area contributed by atoms with Gasteiger partial charge in [-0.2, -0.15) is 0 Å². The van der Waals surface area contributed by atoms with Gasteiger partial charge in [0.15, 0.2) is 0 Å². The summed E-state index contributed by atoms with van der Waals surface area (Å²) in [5.74, 6) is -0.330. The molecule has 0 atom stereocenters. The lowest BCUT2D eigenvalue weighted by Crippen LogP contribution is -2.15. The number of esters is 1. The Hall–Kier alpha value is -2.34. The van der Waals surface area contributed by atoms with Gasteiger partial charge in [0.1, 0.15) is 10.6 Å². The van der Waals surface area contributed by atoms with Crippen LogP contribution < -0.4 is 10.1 Å². The van der Waals surface area contributed by atoms with Crippen LogP contribution in [0.3, 0.4) is 0 Å². The van der Waals surface area contributed by atoms with Crippen LogP contribution in [0.5, 0.6) is 5.75 Å². The van der Waals surface area contributed by atoms with Crippen LogP contribution >= 0.6 is 11.3 Å². The van der Waals surface area contributed by atoms with Crippen LogP contribution in [0.1, 0.15) is 25.6 Å². The van der Waals surface area contributed by atoms with Gasteiger partial charge in [0.25, 0.3) is 5.91 Å². The predicted molar refractivity (Wildman–Crippen MR) is 81.3 cm³/mol. The van der Waals surface area contributed by atoms with E-state index in [1.165, 1.54) is 25.6 Å². The van der Waals surface area contributed by atoms with Crippen LogP contribution in [0, 0.1) is 6.92 Å². The second-order valence-corrected chi connectivity index (χ2v) is 5.23. The van der Waals surface area contributed by atoms with Crippen LogP contribution in [0.2, 0.25) is 0 Å². The highest BCUT2D eigenvalue weighted by atomic mass is 32.1. The van der Waals surface area contributed by atoms with Crippen LogP contribution in [-0.4, -0.2) is 26.1 Å². The first-order valence-electron chi connectivity index (χ1n) is 6.18. The van der Waals surface area contributed by atoms with Gasteiger partial charge in [-0.05, 0) is 30.5 Å². The summed E-state index contributed by atoms with van der Waals surface area (Å²) in [6.07, 6.45) is 0. The summed E-state index contributed by atoms with van der Waals surface area (Å²) >= 11 is 1.21. The van der Waals surface area contributed by atoms with E-state index in [9.17, 15) is 9.59 Å². The molecule has 21 heavy (non-hydrogen) atoms. The largest absolute Gasteiger partial charge is 0.496 e. The summed E-state index contributed by atoms with van der Waals surface area (Å²) in [7, 11) is 2.81. The van der Waals surface area contributed by atoms with Crippen molar-refractivity contribution < 1.29 is 19.1 Å². The van der Waals surface area contributed by atoms with Gasteiger partial charge in [0, 0.05) is 0 Å². The fraction of sp³-hybridized carbons (Fsp3) is 0.200. The van der Waals surface area contributed by atoms with Gasteiger partial charge in [-0.3, -0.25) is 4.79 Å². The highest BCUT2D eigenvalue weighted by Crippen LogP contribution is 2.26. The molecule has 2 aromatic rings. The van der Waals surface area contributed by atoms with Gasteiger partial charge in [0.05, 0.1) is 25.5 Å². The number of ether oxygens (including phenoxy) is 2. The van der Waals surface area contributed by atoms with Crippen molar-refractivity contribution >= 4 is 28.9 Å². The number of carbonyl (C=O) groups is 2.